The summed E-state index contributed by atoms with van der Waals surface area (Å²) in [4.78, 5) is 11.0. The Morgan fingerprint density at radius 3 is 2.46 bits per heavy atom. The molecule has 1 amide bonds. The van der Waals surface area contributed by atoms with Crippen LogP contribution in [0.15, 0.2) is 12.2 Å². The summed E-state index contributed by atoms with van der Waals surface area (Å²) < 4.78 is 28.8. The quantitative estimate of drug-likeness (QED) is 0.489. The van der Waals surface area contributed by atoms with Gasteiger partial charge in [0.2, 0.25) is 5.91 Å². The normalized spacial score (nSPS) is 10.9. The first-order chi connectivity index (χ1) is 5.87. The molecule has 0 radical (unpaired) electrons. The topological polar surface area (TPSA) is 83.5 Å². The molecule has 0 aromatic heterocycles. The summed E-state index contributed by atoms with van der Waals surface area (Å²) in [5.74, 6) is -0.860. The maximum Gasteiger partial charge on any atom is 0.266 e. The molecule has 0 unspecified atom stereocenters. The molecular weight excluding hydrogens is 194 g/mol. The molecule has 0 spiro atoms. The standard InChI is InChI=1S/C7H13NO4S/c1-3-6(2)7(9)8-4-5-13(10,11)12/h2-5H2,1H3,(H,8,9)(H,10,11,12). The third-order valence-corrected chi connectivity index (χ3v) is 2.11. The Bertz CT molecular complexity index is 294. The van der Waals surface area contributed by atoms with Gasteiger partial charge < -0.3 is 5.32 Å². The van der Waals surface area contributed by atoms with Crippen LogP contribution in [0.2, 0.25) is 0 Å². The SMILES string of the molecule is C=C(CC)C(=O)NCCS(=O)(=O)O. The molecular formula is C7H13NO4S. The molecule has 13 heavy (non-hydrogen) atoms. The second-order valence-corrected chi connectivity index (χ2v) is 4.07. The molecule has 0 atom stereocenters. The molecule has 2 N–H and O–H groups in total. The first kappa shape index (κ1) is 12.1. The predicted molar refractivity (Wildman–Crippen MR) is 48.9 cm³/mol. The third-order valence-electron chi connectivity index (χ3n) is 1.39. The molecule has 0 aliphatic rings. The summed E-state index contributed by atoms with van der Waals surface area (Å²) in [5, 5.41) is 2.31. The van der Waals surface area contributed by atoms with E-state index in [9.17, 15) is 13.2 Å². The predicted octanol–water partition coefficient (Wildman–Crippen LogP) is -0.0434. The van der Waals surface area contributed by atoms with Crippen LogP contribution in [0.1, 0.15) is 13.3 Å². The summed E-state index contributed by atoms with van der Waals surface area (Å²) in [5.41, 5.74) is 0.385. The number of rotatable bonds is 5. The van der Waals surface area contributed by atoms with Crippen molar-refractivity contribution in [2.24, 2.45) is 0 Å². The molecule has 0 heterocycles. The molecule has 0 rings (SSSR count). The van der Waals surface area contributed by atoms with Gasteiger partial charge in [0, 0.05) is 12.1 Å². The maximum atomic E-state index is 11.0. The lowest BCUT2D eigenvalue weighted by atomic mass is 10.2. The average molecular weight is 207 g/mol. The number of nitrogens with one attached hydrogen (secondary N) is 1. The highest BCUT2D eigenvalue weighted by Gasteiger charge is 2.07. The van der Waals surface area contributed by atoms with Gasteiger partial charge in [-0.1, -0.05) is 13.5 Å². The number of hydrogen-bond donors (Lipinski definition) is 2. The zero-order chi connectivity index (χ0) is 10.5. The van der Waals surface area contributed by atoms with Gasteiger partial charge in [0.1, 0.15) is 0 Å². The Labute approximate surface area is 77.6 Å². The second-order valence-electron chi connectivity index (χ2n) is 2.50. The van der Waals surface area contributed by atoms with Gasteiger partial charge in [0.15, 0.2) is 0 Å². The minimum absolute atomic E-state index is 0.101. The zero-order valence-electron chi connectivity index (χ0n) is 7.41. The molecule has 0 aliphatic carbocycles. The lowest BCUT2D eigenvalue weighted by Gasteiger charge is -2.03. The van der Waals surface area contributed by atoms with Gasteiger partial charge in [0.25, 0.3) is 10.1 Å². The number of carbonyl (C=O) groups is 1. The Kier molecular flexibility index (Phi) is 4.64. The minimum Gasteiger partial charge on any atom is -0.351 e. The van der Waals surface area contributed by atoms with Crippen molar-refractivity contribution in [2.75, 3.05) is 12.3 Å². The van der Waals surface area contributed by atoms with Crippen LogP contribution in [0, 0.1) is 0 Å². The Morgan fingerprint density at radius 1 is 1.54 bits per heavy atom. The molecule has 0 saturated heterocycles. The van der Waals surface area contributed by atoms with E-state index in [2.05, 4.69) is 11.9 Å². The highest BCUT2D eigenvalue weighted by Crippen LogP contribution is 1.94. The molecule has 0 aliphatic heterocycles. The smallest absolute Gasteiger partial charge is 0.266 e. The lowest BCUT2D eigenvalue weighted by molar-refractivity contribution is -0.117. The van der Waals surface area contributed by atoms with Crippen molar-refractivity contribution in [3.8, 4) is 0 Å². The summed E-state index contributed by atoms with van der Waals surface area (Å²) in [6.45, 7) is 5.13. The van der Waals surface area contributed by atoms with E-state index < -0.39 is 15.9 Å². The van der Waals surface area contributed by atoms with Gasteiger partial charge in [-0.3, -0.25) is 9.35 Å². The fourth-order valence-electron chi connectivity index (χ4n) is 0.579. The van der Waals surface area contributed by atoms with Crippen LogP contribution >= 0.6 is 0 Å². The molecule has 0 fully saturated rings. The van der Waals surface area contributed by atoms with Gasteiger partial charge in [-0.25, -0.2) is 0 Å². The van der Waals surface area contributed by atoms with Crippen molar-refractivity contribution < 1.29 is 17.8 Å². The van der Waals surface area contributed by atoms with Gasteiger partial charge in [-0.05, 0) is 6.42 Å². The van der Waals surface area contributed by atoms with Crippen LogP contribution in [0.3, 0.4) is 0 Å². The highest BCUT2D eigenvalue weighted by molar-refractivity contribution is 7.85. The van der Waals surface area contributed by atoms with Crippen molar-refractivity contribution >= 4 is 16.0 Å². The second kappa shape index (κ2) is 4.98. The Morgan fingerprint density at radius 2 is 2.08 bits per heavy atom. The van der Waals surface area contributed by atoms with Crippen molar-refractivity contribution in [1.82, 2.24) is 5.32 Å². The van der Waals surface area contributed by atoms with E-state index in [0.29, 0.717) is 12.0 Å². The van der Waals surface area contributed by atoms with E-state index in [0.717, 1.165) is 0 Å². The van der Waals surface area contributed by atoms with E-state index in [1.165, 1.54) is 0 Å². The van der Waals surface area contributed by atoms with Crippen LogP contribution in [0.4, 0.5) is 0 Å². The summed E-state index contributed by atoms with van der Waals surface area (Å²) >= 11 is 0. The van der Waals surface area contributed by atoms with Gasteiger partial charge in [-0.2, -0.15) is 8.42 Å². The first-order valence-corrected chi connectivity index (χ1v) is 5.39. The minimum atomic E-state index is -4.00. The highest BCUT2D eigenvalue weighted by atomic mass is 32.2. The largest absolute Gasteiger partial charge is 0.351 e. The van der Waals surface area contributed by atoms with E-state index in [1.54, 1.807) is 6.92 Å². The van der Waals surface area contributed by atoms with Gasteiger partial charge in [0.05, 0.1) is 5.75 Å². The summed E-state index contributed by atoms with van der Waals surface area (Å²) in [6, 6.07) is 0. The molecule has 0 saturated carbocycles. The van der Waals surface area contributed by atoms with E-state index in [-0.39, 0.29) is 12.5 Å². The first-order valence-electron chi connectivity index (χ1n) is 3.78. The zero-order valence-corrected chi connectivity index (χ0v) is 8.23. The van der Waals surface area contributed by atoms with E-state index in [1.807, 2.05) is 0 Å². The fourth-order valence-corrected chi connectivity index (χ4v) is 0.939. The number of amides is 1. The van der Waals surface area contributed by atoms with Crippen LogP contribution in [0.25, 0.3) is 0 Å². The molecule has 0 aromatic carbocycles. The third kappa shape index (κ3) is 6.30. The van der Waals surface area contributed by atoms with Crippen molar-refractivity contribution in [2.45, 2.75) is 13.3 Å². The van der Waals surface area contributed by atoms with Crippen molar-refractivity contribution in [3.05, 3.63) is 12.2 Å². The Balaban J connectivity index is 3.79. The molecule has 0 aromatic rings. The monoisotopic (exact) mass is 207 g/mol. The number of hydrogen-bond acceptors (Lipinski definition) is 3. The summed E-state index contributed by atoms with van der Waals surface area (Å²) in [6.07, 6.45) is 0.512. The maximum absolute atomic E-state index is 11.0. The Hall–Kier alpha value is -0.880. The molecule has 0 bridgehead atoms. The van der Waals surface area contributed by atoms with E-state index in [4.69, 9.17) is 4.55 Å². The van der Waals surface area contributed by atoms with Crippen LogP contribution in [-0.4, -0.2) is 31.2 Å². The molecule has 76 valence electrons. The van der Waals surface area contributed by atoms with Crippen molar-refractivity contribution in [3.63, 3.8) is 0 Å². The molecule has 6 heteroatoms. The lowest BCUT2D eigenvalue weighted by Crippen LogP contribution is -2.29. The number of carbonyl (C=O) groups excluding carboxylic acids is 1. The van der Waals surface area contributed by atoms with Crippen molar-refractivity contribution in [1.29, 1.82) is 0 Å². The van der Waals surface area contributed by atoms with Crippen LogP contribution in [-0.2, 0) is 14.9 Å². The van der Waals surface area contributed by atoms with Crippen LogP contribution in [0.5, 0.6) is 0 Å². The summed E-state index contributed by atoms with van der Waals surface area (Å²) in [7, 11) is -4.00. The van der Waals surface area contributed by atoms with Gasteiger partial charge in [-0.15, -0.1) is 0 Å². The molecule has 5 nitrogen and oxygen atoms in total. The fraction of sp³-hybridized carbons (Fsp3) is 0.571. The van der Waals surface area contributed by atoms with Gasteiger partial charge >= 0.3 is 0 Å². The van der Waals surface area contributed by atoms with Crippen LogP contribution < -0.4 is 5.32 Å². The van der Waals surface area contributed by atoms with E-state index >= 15 is 0 Å². The average Bonchev–Trinajstić information content (AvgIpc) is 2.00.